The smallest absolute Gasteiger partial charge is 0.0178 e. The van der Waals surface area contributed by atoms with Gasteiger partial charge in [0.2, 0.25) is 0 Å². The summed E-state index contributed by atoms with van der Waals surface area (Å²) >= 11 is 5.75. The molecule has 0 aromatic rings. The predicted octanol–water partition coefficient (Wildman–Crippen LogP) is 1.38. The van der Waals surface area contributed by atoms with Crippen LogP contribution in [-0.2, 0) is 0 Å². The van der Waals surface area contributed by atoms with Gasteiger partial charge in [0.15, 0.2) is 0 Å². The van der Waals surface area contributed by atoms with Gasteiger partial charge in [0.05, 0.1) is 0 Å². The van der Waals surface area contributed by atoms with Crippen molar-refractivity contribution in [2.45, 2.75) is 6.92 Å². The summed E-state index contributed by atoms with van der Waals surface area (Å²) in [5.74, 6) is 0. The summed E-state index contributed by atoms with van der Waals surface area (Å²) in [6.07, 6.45) is 2.08. The normalized spacial score (nSPS) is 23.1. The van der Waals surface area contributed by atoms with Crippen molar-refractivity contribution in [3.8, 4) is 0 Å². The minimum atomic E-state index is 0.897. The molecule has 12 heavy (non-hydrogen) atoms. The SMILES string of the molecule is C/C(Cl)=C/CN1CCN(C)CC1. The summed E-state index contributed by atoms with van der Waals surface area (Å²) in [6, 6.07) is 0. The number of allylic oxidation sites excluding steroid dienone is 1. The Balaban J connectivity index is 2.22. The fourth-order valence-electron chi connectivity index (χ4n) is 1.29. The zero-order valence-corrected chi connectivity index (χ0v) is 8.64. The van der Waals surface area contributed by atoms with Gasteiger partial charge in [0, 0.05) is 37.8 Å². The third-order valence-corrected chi connectivity index (χ3v) is 2.38. The van der Waals surface area contributed by atoms with Gasteiger partial charge in [0.25, 0.3) is 0 Å². The molecule has 2 nitrogen and oxygen atoms in total. The molecule has 1 rings (SSSR count). The molecule has 0 aromatic heterocycles. The lowest BCUT2D eigenvalue weighted by atomic mass is 10.3. The van der Waals surface area contributed by atoms with Crippen LogP contribution in [0.4, 0.5) is 0 Å². The number of likely N-dealkylation sites (N-methyl/N-ethyl adjacent to an activating group) is 1. The van der Waals surface area contributed by atoms with Crippen LogP contribution in [0.3, 0.4) is 0 Å². The van der Waals surface area contributed by atoms with Crippen molar-refractivity contribution in [3.05, 3.63) is 11.1 Å². The van der Waals surface area contributed by atoms with Gasteiger partial charge in [-0.2, -0.15) is 0 Å². The van der Waals surface area contributed by atoms with Crippen LogP contribution >= 0.6 is 11.6 Å². The molecule has 1 saturated heterocycles. The van der Waals surface area contributed by atoms with Crippen molar-refractivity contribution in [2.24, 2.45) is 0 Å². The van der Waals surface area contributed by atoms with E-state index in [0.29, 0.717) is 0 Å². The van der Waals surface area contributed by atoms with E-state index in [1.807, 2.05) is 6.92 Å². The zero-order chi connectivity index (χ0) is 8.97. The van der Waals surface area contributed by atoms with E-state index in [-0.39, 0.29) is 0 Å². The lowest BCUT2D eigenvalue weighted by Gasteiger charge is -2.31. The van der Waals surface area contributed by atoms with Crippen LogP contribution in [0.2, 0.25) is 0 Å². The molecular formula is C9H17ClN2. The maximum atomic E-state index is 5.75. The molecule has 0 N–H and O–H groups in total. The van der Waals surface area contributed by atoms with E-state index >= 15 is 0 Å². The Morgan fingerprint density at radius 3 is 2.42 bits per heavy atom. The summed E-state index contributed by atoms with van der Waals surface area (Å²) < 4.78 is 0. The number of halogens is 1. The van der Waals surface area contributed by atoms with Gasteiger partial charge < -0.3 is 4.90 Å². The standard InChI is InChI=1S/C9H17ClN2/c1-9(10)3-4-12-7-5-11(2)6-8-12/h3H,4-8H2,1-2H3/b9-3-. The number of hydrogen-bond donors (Lipinski definition) is 0. The van der Waals surface area contributed by atoms with E-state index in [1.165, 1.54) is 13.1 Å². The van der Waals surface area contributed by atoms with Crippen LogP contribution in [0.5, 0.6) is 0 Å². The highest BCUT2D eigenvalue weighted by atomic mass is 35.5. The average Bonchev–Trinajstić information content (AvgIpc) is 2.03. The van der Waals surface area contributed by atoms with Crippen LogP contribution in [0.1, 0.15) is 6.92 Å². The topological polar surface area (TPSA) is 6.48 Å². The van der Waals surface area contributed by atoms with Gasteiger partial charge in [-0.05, 0) is 14.0 Å². The Morgan fingerprint density at radius 2 is 1.92 bits per heavy atom. The maximum absolute atomic E-state index is 5.75. The van der Waals surface area contributed by atoms with Crippen molar-refractivity contribution < 1.29 is 0 Å². The lowest BCUT2D eigenvalue weighted by molar-refractivity contribution is 0.166. The average molecular weight is 189 g/mol. The van der Waals surface area contributed by atoms with Gasteiger partial charge in [-0.1, -0.05) is 17.7 Å². The second-order valence-corrected chi connectivity index (χ2v) is 3.99. The van der Waals surface area contributed by atoms with E-state index in [4.69, 9.17) is 11.6 Å². The molecule has 0 aromatic carbocycles. The summed E-state index contributed by atoms with van der Waals surface area (Å²) in [4.78, 5) is 4.78. The van der Waals surface area contributed by atoms with E-state index in [1.54, 1.807) is 0 Å². The molecule has 0 atom stereocenters. The highest BCUT2D eigenvalue weighted by molar-refractivity contribution is 6.29. The molecule has 1 heterocycles. The minimum absolute atomic E-state index is 0.897. The molecule has 0 saturated carbocycles. The monoisotopic (exact) mass is 188 g/mol. The molecule has 1 aliphatic rings. The van der Waals surface area contributed by atoms with E-state index in [0.717, 1.165) is 24.7 Å². The highest BCUT2D eigenvalue weighted by Gasteiger charge is 2.11. The van der Waals surface area contributed by atoms with Gasteiger partial charge >= 0.3 is 0 Å². The fraction of sp³-hybridized carbons (Fsp3) is 0.778. The van der Waals surface area contributed by atoms with Crippen LogP contribution < -0.4 is 0 Å². The molecule has 1 aliphatic heterocycles. The van der Waals surface area contributed by atoms with Gasteiger partial charge in [0.1, 0.15) is 0 Å². The summed E-state index contributed by atoms with van der Waals surface area (Å²) in [7, 11) is 2.17. The molecule has 0 bridgehead atoms. The molecule has 0 spiro atoms. The van der Waals surface area contributed by atoms with Gasteiger partial charge in [-0.3, -0.25) is 4.90 Å². The number of rotatable bonds is 2. The Bertz CT molecular complexity index is 156. The second-order valence-electron chi connectivity index (χ2n) is 3.39. The Morgan fingerprint density at radius 1 is 1.33 bits per heavy atom. The third kappa shape index (κ3) is 3.57. The molecule has 0 amide bonds. The first-order chi connectivity index (χ1) is 5.68. The molecule has 1 fully saturated rings. The lowest BCUT2D eigenvalue weighted by Crippen LogP contribution is -2.44. The van der Waals surface area contributed by atoms with Gasteiger partial charge in [-0.25, -0.2) is 0 Å². The maximum Gasteiger partial charge on any atom is 0.0178 e. The fourth-order valence-corrected chi connectivity index (χ4v) is 1.35. The van der Waals surface area contributed by atoms with E-state index < -0.39 is 0 Å². The first kappa shape index (κ1) is 10.0. The third-order valence-electron chi connectivity index (χ3n) is 2.23. The van der Waals surface area contributed by atoms with Crippen LogP contribution in [0.25, 0.3) is 0 Å². The molecule has 0 radical (unpaired) electrons. The Hall–Kier alpha value is -0.0500. The van der Waals surface area contributed by atoms with Crippen molar-refractivity contribution in [1.82, 2.24) is 9.80 Å². The molecule has 0 aliphatic carbocycles. The molecular weight excluding hydrogens is 172 g/mol. The van der Waals surface area contributed by atoms with E-state index in [2.05, 4.69) is 22.9 Å². The second kappa shape index (κ2) is 4.85. The number of piperazine rings is 1. The number of hydrogen-bond acceptors (Lipinski definition) is 2. The van der Waals surface area contributed by atoms with E-state index in [9.17, 15) is 0 Å². The van der Waals surface area contributed by atoms with Crippen molar-refractivity contribution in [1.29, 1.82) is 0 Å². The minimum Gasteiger partial charge on any atom is -0.304 e. The first-order valence-electron chi connectivity index (χ1n) is 4.41. The van der Waals surface area contributed by atoms with Crippen LogP contribution in [0.15, 0.2) is 11.1 Å². The van der Waals surface area contributed by atoms with Crippen LogP contribution in [0, 0.1) is 0 Å². The molecule has 0 unspecified atom stereocenters. The van der Waals surface area contributed by atoms with Crippen molar-refractivity contribution in [2.75, 3.05) is 39.8 Å². The van der Waals surface area contributed by atoms with Crippen molar-refractivity contribution >= 4 is 11.6 Å². The zero-order valence-electron chi connectivity index (χ0n) is 7.89. The van der Waals surface area contributed by atoms with Crippen LogP contribution in [-0.4, -0.2) is 49.6 Å². The largest absolute Gasteiger partial charge is 0.304 e. The van der Waals surface area contributed by atoms with Gasteiger partial charge in [-0.15, -0.1) is 0 Å². The molecule has 3 heteroatoms. The molecule has 70 valence electrons. The summed E-state index contributed by atoms with van der Waals surface area (Å²) in [5, 5.41) is 0.897. The first-order valence-corrected chi connectivity index (χ1v) is 4.79. The highest BCUT2D eigenvalue weighted by Crippen LogP contribution is 2.02. The van der Waals surface area contributed by atoms with Crippen molar-refractivity contribution in [3.63, 3.8) is 0 Å². The summed E-state index contributed by atoms with van der Waals surface area (Å²) in [5.41, 5.74) is 0. The summed E-state index contributed by atoms with van der Waals surface area (Å²) in [6.45, 7) is 7.61. The Labute approximate surface area is 79.8 Å². The quantitative estimate of drug-likeness (QED) is 0.646. The predicted molar refractivity (Wildman–Crippen MR) is 53.5 cm³/mol. The number of nitrogens with zero attached hydrogens (tertiary/aromatic N) is 2. The Kier molecular flexibility index (Phi) is 4.06.